The van der Waals surface area contributed by atoms with Crippen molar-refractivity contribution >= 4 is 15.9 Å². The number of ether oxygens (including phenoxy) is 2. The van der Waals surface area contributed by atoms with Crippen LogP contribution >= 0.6 is 15.9 Å². The SMILES string of the molecule is COCCCOCCN1CCC(CBr)C1. The summed E-state index contributed by atoms with van der Waals surface area (Å²) in [7, 11) is 1.73. The van der Waals surface area contributed by atoms with E-state index in [1.54, 1.807) is 7.11 Å². The van der Waals surface area contributed by atoms with Crippen LogP contribution in [0, 0.1) is 5.92 Å². The molecule has 1 saturated heterocycles. The molecule has 1 atom stereocenters. The maximum absolute atomic E-state index is 5.53. The van der Waals surface area contributed by atoms with Gasteiger partial charge in [-0.15, -0.1) is 0 Å². The molecular weight excluding hydrogens is 258 g/mol. The van der Waals surface area contributed by atoms with E-state index in [2.05, 4.69) is 20.8 Å². The molecule has 3 nitrogen and oxygen atoms in total. The molecule has 1 heterocycles. The fourth-order valence-corrected chi connectivity index (χ4v) is 2.37. The van der Waals surface area contributed by atoms with Crippen LogP contribution in [0.2, 0.25) is 0 Å². The molecule has 0 N–H and O–H groups in total. The topological polar surface area (TPSA) is 21.7 Å². The molecule has 0 aromatic rings. The van der Waals surface area contributed by atoms with E-state index in [1.165, 1.54) is 19.5 Å². The maximum Gasteiger partial charge on any atom is 0.0593 e. The predicted octanol–water partition coefficient (Wildman–Crippen LogP) is 1.76. The highest BCUT2D eigenvalue weighted by Gasteiger charge is 2.20. The van der Waals surface area contributed by atoms with E-state index < -0.39 is 0 Å². The molecular formula is C11H22BrNO2. The van der Waals surface area contributed by atoms with Crippen LogP contribution in [0.1, 0.15) is 12.8 Å². The summed E-state index contributed by atoms with van der Waals surface area (Å²) >= 11 is 3.54. The Kier molecular flexibility index (Phi) is 7.61. The van der Waals surface area contributed by atoms with E-state index in [4.69, 9.17) is 9.47 Å². The summed E-state index contributed by atoms with van der Waals surface area (Å²) in [5, 5.41) is 1.14. The zero-order valence-electron chi connectivity index (χ0n) is 9.58. The summed E-state index contributed by atoms with van der Waals surface area (Å²) in [6.45, 7) is 6.03. The molecule has 0 spiro atoms. The highest BCUT2D eigenvalue weighted by Crippen LogP contribution is 2.17. The molecule has 1 fully saturated rings. The first-order chi connectivity index (χ1) is 7.36. The van der Waals surface area contributed by atoms with Gasteiger partial charge in [0.2, 0.25) is 0 Å². The van der Waals surface area contributed by atoms with Gasteiger partial charge in [0.15, 0.2) is 0 Å². The zero-order valence-corrected chi connectivity index (χ0v) is 11.2. The summed E-state index contributed by atoms with van der Waals surface area (Å²) in [4.78, 5) is 2.49. The van der Waals surface area contributed by atoms with Gasteiger partial charge in [0.05, 0.1) is 6.61 Å². The Balaban J connectivity index is 1.88. The maximum atomic E-state index is 5.53. The largest absolute Gasteiger partial charge is 0.385 e. The Labute approximate surface area is 101 Å². The summed E-state index contributed by atoms with van der Waals surface area (Å²) in [6, 6.07) is 0. The number of methoxy groups -OCH3 is 1. The first-order valence-corrected chi connectivity index (χ1v) is 6.84. The van der Waals surface area contributed by atoms with Crippen molar-refractivity contribution in [3.63, 3.8) is 0 Å². The van der Waals surface area contributed by atoms with E-state index in [-0.39, 0.29) is 0 Å². The molecule has 1 rings (SSSR count). The van der Waals surface area contributed by atoms with Gasteiger partial charge >= 0.3 is 0 Å². The normalized spacial score (nSPS) is 22.4. The summed E-state index contributed by atoms with van der Waals surface area (Å²) in [5.41, 5.74) is 0. The quantitative estimate of drug-likeness (QED) is 0.499. The average molecular weight is 280 g/mol. The van der Waals surface area contributed by atoms with Crippen LogP contribution in [0.3, 0.4) is 0 Å². The molecule has 1 unspecified atom stereocenters. The highest BCUT2D eigenvalue weighted by atomic mass is 79.9. The number of halogens is 1. The lowest BCUT2D eigenvalue weighted by Gasteiger charge is -2.15. The van der Waals surface area contributed by atoms with Crippen LogP contribution in [0.5, 0.6) is 0 Å². The molecule has 15 heavy (non-hydrogen) atoms. The van der Waals surface area contributed by atoms with Crippen molar-refractivity contribution in [2.75, 3.05) is 51.9 Å². The Morgan fingerprint density at radius 1 is 1.33 bits per heavy atom. The average Bonchev–Trinajstić information content (AvgIpc) is 2.71. The minimum atomic E-state index is 0.801. The molecule has 0 aliphatic carbocycles. The number of rotatable bonds is 8. The molecule has 4 heteroatoms. The Morgan fingerprint density at radius 3 is 2.87 bits per heavy atom. The molecule has 0 aromatic heterocycles. The van der Waals surface area contributed by atoms with Crippen LogP contribution in [0.4, 0.5) is 0 Å². The molecule has 0 aromatic carbocycles. The second-order valence-electron chi connectivity index (χ2n) is 4.07. The van der Waals surface area contributed by atoms with Crippen molar-refractivity contribution in [1.82, 2.24) is 4.90 Å². The molecule has 90 valence electrons. The lowest BCUT2D eigenvalue weighted by Crippen LogP contribution is -2.25. The third kappa shape index (κ3) is 5.85. The van der Waals surface area contributed by atoms with Gasteiger partial charge in [-0.1, -0.05) is 15.9 Å². The first-order valence-electron chi connectivity index (χ1n) is 5.71. The smallest absolute Gasteiger partial charge is 0.0593 e. The lowest BCUT2D eigenvalue weighted by molar-refractivity contribution is 0.0880. The standard InChI is InChI=1S/C11H22BrNO2/c1-14-6-2-7-15-8-5-13-4-3-11(9-12)10-13/h11H,2-10H2,1H3. The first kappa shape index (κ1) is 13.4. The molecule has 0 radical (unpaired) electrons. The van der Waals surface area contributed by atoms with Crippen molar-refractivity contribution in [2.45, 2.75) is 12.8 Å². The molecule has 0 amide bonds. The molecule has 1 aliphatic rings. The van der Waals surface area contributed by atoms with E-state index in [0.717, 1.165) is 44.0 Å². The number of alkyl halides is 1. The Bertz CT molecular complexity index is 158. The predicted molar refractivity (Wildman–Crippen MR) is 65.7 cm³/mol. The second kappa shape index (κ2) is 8.50. The van der Waals surface area contributed by atoms with E-state index in [9.17, 15) is 0 Å². The van der Waals surface area contributed by atoms with Gasteiger partial charge in [-0.2, -0.15) is 0 Å². The minimum Gasteiger partial charge on any atom is -0.385 e. The highest BCUT2D eigenvalue weighted by molar-refractivity contribution is 9.09. The van der Waals surface area contributed by atoms with Crippen LogP contribution in [0.15, 0.2) is 0 Å². The van der Waals surface area contributed by atoms with Gasteiger partial charge in [-0.25, -0.2) is 0 Å². The van der Waals surface area contributed by atoms with Crippen LogP contribution in [-0.4, -0.2) is 56.8 Å². The number of hydrogen-bond donors (Lipinski definition) is 0. The van der Waals surface area contributed by atoms with Crippen molar-refractivity contribution in [3.05, 3.63) is 0 Å². The third-order valence-corrected chi connectivity index (χ3v) is 3.69. The van der Waals surface area contributed by atoms with E-state index >= 15 is 0 Å². The minimum absolute atomic E-state index is 0.801. The van der Waals surface area contributed by atoms with Crippen molar-refractivity contribution in [3.8, 4) is 0 Å². The van der Waals surface area contributed by atoms with Crippen LogP contribution < -0.4 is 0 Å². The van der Waals surface area contributed by atoms with Crippen LogP contribution in [0.25, 0.3) is 0 Å². The fourth-order valence-electron chi connectivity index (χ4n) is 1.84. The molecule has 1 aliphatic heterocycles. The molecule has 0 saturated carbocycles. The summed E-state index contributed by atoms with van der Waals surface area (Å²) in [5.74, 6) is 0.846. The van der Waals surface area contributed by atoms with Gasteiger partial charge in [0, 0.05) is 38.7 Å². The van der Waals surface area contributed by atoms with Crippen molar-refractivity contribution in [2.24, 2.45) is 5.92 Å². The van der Waals surface area contributed by atoms with Gasteiger partial charge in [-0.3, -0.25) is 0 Å². The monoisotopic (exact) mass is 279 g/mol. The van der Waals surface area contributed by atoms with Gasteiger partial charge < -0.3 is 14.4 Å². The summed E-state index contributed by atoms with van der Waals surface area (Å²) in [6.07, 6.45) is 2.33. The number of likely N-dealkylation sites (tertiary alicyclic amines) is 1. The summed E-state index contributed by atoms with van der Waals surface area (Å²) < 4.78 is 10.5. The number of hydrogen-bond acceptors (Lipinski definition) is 3. The van der Waals surface area contributed by atoms with Crippen LogP contribution in [-0.2, 0) is 9.47 Å². The lowest BCUT2D eigenvalue weighted by atomic mass is 10.2. The van der Waals surface area contributed by atoms with Gasteiger partial charge in [-0.05, 0) is 25.3 Å². The Hall–Kier alpha value is 0.360. The Morgan fingerprint density at radius 2 is 2.20 bits per heavy atom. The number of nitrogens with zero attached hydrogens (tertiary/aromatic N) is 1. The fraction of sp³-hybridized carbons (Fsp3) is 1.00. The van der Waals surface area contributed by atoms with Gasteiger partial charge in [0.25, 0.3) is 0 Å². The van der Waals surface area contributed by atoms with Gasteiger partial charge in [0.1, 0.15) is 0 Å². The van der Waals surface area contributed by atoms with E-state index in [1.807, 2.05) is 0 Å². The van der Waals surface area contributed by atoms with Crippen molar-refractivity contribution in [1.29, 1.82) is 0 Å². The second-order valence-corrected chi connectivity index (χ2v) is 4.72. The van der Waals surface area contributed by atoms with Crippen molar-refractivity contribution < 1.29 is 9.47 Å². The molecule has 0 bridgehead atoms. The zero-order chi connectivity index (χ0) is 10.9. The van der Waals surface area contributed by atoms with E-state index in [0.29, 0.717) is 0 Å². The third-order valence-electron chi connectivity index (χ3n) is 2.78.